The predicted octanol–water partition coefficient (Wildman–Crippen LogP) is 2.43. The van der Waals surface area contributed by atoms with Gasteiger partial charge in [-0.1, -0.05) is 0 Å². The number of anilines is 1. The number of nitrogens with zero attached hydrogens (tertiary/aromatic N) is 2. The third kappa shape index (κ3) is 2.53. The molecule has 4 nitrogen and oxygen atoms in total. The summed E-state index contributed by atoms with van der Waals surface area (Å²) in [5.41, 5.74) is 9.20. The van der Waals surface area contributed by atoms with Crippen molar-refractivity contribution in [2.45, 2.75) is 13.8 Å². The van der Waals surface area contributed by atoms with Gasteiger partial charge in [-0.2, -0.15) is 0 Å². The van der Waals surface area contributed by atoms with Crippen molar-refractivity contribution in [3.8, 4) is 17.0 Å². The van der Waals surface area contributed by atoms with E-state index in [0.29, 0.717) is 12.3 Å². The zero-order valence-electron chi connectivity index (χ0n) is 9.97. The van der Waals surface area contributed by atoms with E-state index in [1.807, 2.05) is 26.0 Å². The van der Waals surface area contributed by atoms with Gasteiger partial charge in [0.1, 0.15) is 5.75 Å². The molecule has 0 saturated heterocycles. The van der Waals surface area contributed by atoms with Crippen molar-refractivity contribution in [3.05, 3.63) is 36.3 Å². The third-order valence-corrected chi connectivity index (χ3v) is 2.40. The topological polar surface area (TPSA) is 61.0 Å². The number of hydrogen-bond acceptors (Lipinski definition) is 4. The molecule has 88 valence electrons. The maximum absolute atomic E-state index is 5.68. The molecule has 2 rings (SSSR count). The van der Waals surface area contributed by atoms with Gasteiger partial charge in [0.15, 0.2) is 0 Å². The van der Waals surface area contributed by atoms with E-state index in [1.54, 1.807) is 18.6 Å². The quantitative estimate of drug-likeness (QED) is 0.878. The molecule has 0 spiro atoms. The Balaban J connectivity index is 2.42. The Labute approximate surface area is 100 Å². The van der Waals surface area contributed by atoms with Crippen LogP contribution >= 0.6 is 0 Å². The second-order valence-corrected chi connectivity index (χ2v) is 3.78. The first-order valence-electron chi connectivity index (χ1n) is 5.51. The van der Waals surface area contributed by atoms with Crippen LogP contribution in [-0.4, -0.2) is 16.6 Å². The number of nitrogen functional groups attached to an aromatic ring is 1. The van der Waals surface area contributed by atoms with Gasteiger partial charge in [0, 0.05) is 11.8 Å². The fourth-order valence-electron chi connectivity index (χ4n) is 1.69. The summed E-state index contributed by atoms with van der Waals surface area (Å²) in [4.78, 5) is 8.48. The molecule has 2 aromatic heterocycles. The molecule has 0 aliphatic rings. The number of aromatic nitrogens is 2. The van der Waals surface area contributed by atoms with E-state index in [9.17, 15) is 0 Å². The second-order valence-electron chi connectivity index (χ2n) is 3.78. The van der Waals surface area contributed by atoms with E-state index in [0.717, 1.165) is 22.6 Å². The van der Waals surface area contributed by atoms with Crippen molar-refractivity contribution in [1.82, 2.24) is 9.97 Å². The van der Waals surface area contributed by atoms with Crippen molar-refractivity contribution >= 4 is 5.69 Å². The lowest BCUT2D eigenvalue weighted by Gasteiger charge is -2.07. The van der Waals surface area contributed by atoms with Crippen LogP contribution in [0.5, 0.6) is 5.75 Å². The molecule has 0 radical (unpaired) electrons. The molecule has 0 aliphatic carbocycles. The van der Waals surface area contributed by atoms with Crippen LogP contribution in [0.25, 0.3) is 11.3 Å². The van der Waals surface area contributed by atoms with E-state index in [1.165, 1.54) is 0 Å². The normalized spacial score (nSPS) is 10.2. The highest BCUT2D eigenvalue weighted by Crippen LogP contribution is 2.24. The van der Waals surface area contributed by atoms with Gasteiger partial charge in [-0.25, -0.2) is 0 Å². The molecule has 0 amide bonds. The summed E-state index contributed by atoms with van der Waals surface area (Å²) in [7, 11) is 0. The van der Waals surface area contributed by atoms with Crippen LogP contribution in [0.15, 0.2) is 30.7 Å². The fraction of sp³-hybridized carbons (Fsp3) is 0.231. The van der Waals surface area contributed by atoms with Gasteiger partial charge in [-0.15, -0.1) is 0 Å². The summed E-state index contributed by atoms with van der Waals surface area (Å²) in [5.74, 6) is 0.753. The number of ether oxygens (including phenoxy) is 1. The maximum atomic E-state index is 5.68. The van der Waals surface area contributed by atoms with Crippen molar-refractivity contribution in [2.24, 2.45) is 0 Å². The molecular weight excluding hydrogens is 214 g/mol. The Morgan fingerprint density at radius 3 is 2.76 bits per heavy atom. The fourth-order valence-corrected chi connectivity index (χ4v) is 1.69. The van der Waals surface area contributed by atoms with Crippen LogP contribution < -0.4 is 10.5 Å². The highest BCUT2D eigenvalue weighted by Gasteiger charge is 2.05. The second kappa shape index (κ2) is 4.82. The highest BCUT2D eigenvalue weighted by molar-refractivity contribution is 5.65. The van der Waals surface area contributed by atoms with E-state index in [-0.39, 0.29) is 0 Å². The molecule has 0 bridgehead atoms. The van der Waals surface area contributed by atoms with Gasteiger partial charge < -0.3 is 10.5 Å². The van der Waals surface area contributed by atoms with E-state index in [4.69, 9.17) is 10.5 Å². The summed E-state index contributed by atoms with van der Waals surface area (Å²) in [6.07, 6.45) is 5.11. The van der Waals surface area contributed by atoms with E-state index in [2.05, 4.69) is 9.97 Å². The molecule has 0 aliphatic heterocycles. The molecule has 0 aromatic carbocycles. The molecule has 0 fully saturated rings. The monoisotopic (exact) mass is 229 g/mol. The minimum Gasteiger partial charge on any atom is -0.492 e. The Morgan fingerprint density at radius 1 is 1.24 bits per heavy atom. The summed E-state index contributed by atoms with van der Waals surface area (Å²) >= 11 is 0. The molecule has 0 atom stereocenters. The lowest BCUT2D eigenvalue weighted by atomic mass is 10.1. The van der Waals surface area contributed by atoms with Crippen molar-refractivity contribution in [2.75, 3.05) is 12.3 Å². The third-order valence-electron chi connectivity index (χ3n) is 2.40. The molecule has 0 saturated carbocycles. The largest absolute Gasteiger partial charge is 0.492 e. The van der Waals surface area contributed by atoms with Gasteiger partial charge in [-0.05, 0) is 31.5 Å². The van der Waals surface area contributed by atoms with Crippen molar-refractivity contribution < 1.29 is 4.74 Å². The SMILES string of the molecule is CCOc1cncc(-c2ncc(N)cc2C)c1. The number of nitrogens with two attached hydrogens (primary N) is 1. The van der Waals surface area contributed by atoms with Crippen LogP contribution in [0.1, 0.15) is 12.5 Å². The Bertz CT molecular complexity index is 526. The minimum absolute atomic E-state index is 0.624. The average molecular weight is 229 g/mol. The summed E-state index contributed by atoms with van der Waals surface area (Å²) in [5, 5.41) is 0. The van der Waals surface area contributed by atoms with Gasteiger partial charge in [0.25, 0.3) is 0 Å². The zero-order chi connectivity index (χ0) is 12.3. The smallest absolute Gasteiger partial charge is 0.138 e. The average Bonchev–Trinajstić information content (AvgIpc) is 2.29. The molecule has 2 N–H and O–H groups in total. The summed E-state index contributed by atoms with van der Waals surface area (Å²) in [6.45, 7) is 4.55. The van der Waals surface area contributed by atoms with Crippen LogP contribution in [0.2, 0.25) is 0 Å². The number of pyridine rings is 2. The van der Waals surface area contributed by atoms with Gasteiger partial charge >= 0.3 is 0 Å². The summed E-state index contributed by atoms with van der Waals surface area (Å²) < 4.78 is 5.42. The number of rotatable bonds is 3. The molecule has 0 unspecified atom stereocenters. The minimum atomic E-state index is 0.624. The van der Waals surface area contributed by atoms with E-state index >= 15 is 0 Å². The molecule has 17 heavy (non-hydrogen) atoms. The number of aryl methyl sites for hydroxylation is 1. The lowest BCUT2D eigenvalue weighted by Crippen LogP contribution is -1.95. The highest BCUT2D eigenvalue weighted by atomic mass is 16.5. The van der Waals surface area contributed by atoms with Crippen LogP contribution in [0, 0.1) is 6.92 Å². The first kappa shape index (κ1) is 11.4. The van der Waals surface area contributed by atoms with Crippen molar-refractivity contribution in [1.29, 1.82) is 0 Å². The molecular formula is C13H15N3O. The van der Waals surface area contributed by atoms with Crippen LogP contribution in [-0.2, 0) is 0 Å². The Hall–Kier alpha value is -2.10. The van der Waals surface area contributed by atoms with Gasteiger partial charge in [0.05, 0.1) is 30.4 Å². The lowest BCUT2D eigenvalue weighted by molar-refractivity contribution is 0.339. The predicted molar refractivity (Wildman–Crippen MR) is 67.8 cm³/mol. The van der Waals surface area contributed by atoms with E-state index < -0.39 is 0 Å². The Morgan fingerprint density at radius 2 is 2.06 bits per heavy atom. The number of hydrogen-bond donors (Lipinski definition) is 1. The molecule has 2 aromatic rings. The van der Waals surface area contributed by atoms with Gasteiger partial charge in [0.2, 0.25) is 0 Å². The summed E-state index contributed by atoms with van der Waals surface area (Å²) in [6, 6.07) is 3.83. The first-order chi connectivity index (χ1) is 8.20. The standard InChI is InChI=1S/C13H15N3O/c1-3-17-12-5-10(6-15-8-12)13-9(2)4-11(14)7-16-13/h4-8H,3,14H2,1-2H3. The first-order valence-corrected chi connectivity index (χ1v) is 5.51. The maximum Gasteiger partial charge on any atom is 0.138 e. The van der Waals surface area contributed by atoms with Crippen LogP contribution in [0.4, 0.5) is 5.69 Å². The zero-order valence-corrected chi connectivity index (χ0v) is 9.97. The van der Waals surface area contributed by atoms with Gasteiger partial charge in [-0.3, -0.25) is 9.97 Å². The molecule has 2 heterocycles. The van der Waals surface area contributed by atoms with Crippen LogP contribution in [0.3, 0.4) is 0 Å². The molecule has 4 heteroatoms. The van der Waals surface area contributed by atoms with Crippen molar-refractivity contribution in [3.63, 3.8) is 0 Å². The Kier molecular flexibility index (Phi) is 3.23.